The molecular weight excluding hydrogens is 388 g/mol. The molecule has 1 unspecified atom stereocenters. The average Bonchev–Trinajstić information content (AvgIpc) is 2.80. The number of benzene rings is 3. The molecule has 31 heavy (non-hydrogen) atoms. The smallest absolute Gasteiger partial charge is 0.331 e. The van der Waals surface area contributed by atoms with Gasteiger partial charge in [-0.3, -0.25) is 4.79 Å². The zero-order valence-corrected chi connectivity index (χ0v) is 17.9. The van der Waals surface area contributed by atoms with Gasteiger partial charge in [0.05, 0.1) is 17.7 Å². The van der Waals surface area contributed by atoms with Crippen LogP contribution in [0.3, 0.4) is 0 Å². The molecule has 5 heteroatoms. The van der Waals surface area contributed by atoms with E-state index in [2.05, 4.69) is 24.3 Å². The van der Waals surface area contributed by atoms with E-state index >= 15 is 0 Å². The highest BCUT2D eigenvalue weighted by Crippen LogP contribution is 2.24. The van der Waals surface area contributed by atoms with E-state index in [0.717, 1.165) is 33.8 Å². The van der Waals surface area contributed by atoms with E-state index in [1.807, 2.05) is 43.3 Å². The average molecular weight is 415 g/mol. The van der Waals surface area contributed by atoms with Gasteiger partial charge in [0.25, 0.3) is 5.56 Å². The molecule has 0 aliphatic rings. The quantitative estimate of drug-likeness (QED) is 0.397. The fourth-order valence-corrected chi connectivity index (χ4v) is 4.09. The molecule has 0 saturated carbocycles. The van der Waals surface area contributed by atoms with Crippen molar-refractivity contribution in [2.24, 2.45) is 0 Å². The van der Waals surface area contributed by atoms with Crippen molar-refractivity contribution in [1.82, 2.24) is 9.78 Å². The van der Waals surface area contributed by atoms with E-state index in [-0.39, 0.29) is 12.2 Å². The first kappa shape index (κ1) is 20.8. The number of carbonyl (C=O) groups is 1. The van der Waals surface area contributed by atoms with Crippen molar-refractivity contribution < 1.29 is 9.53 Å². The van der Waals surface area contributed by atoms with Gasteiger partial charge in [-0.25, -0.2) is 9.48 Å². The lowest BCUT2D eigenvalue weighted by Gasteiger charge is -2.19. The molecule has 0 aliphatic heterocycles. The van der Waals surface area contributed by atoms with Gasteiger partial charge in [0, 0.05) is 11.8 Å². The highest BCUT2D eigenvalue weighted by atomic mass is 16.5. The zero-order valence-electron chi connectivity index (χ0n) is 17.9. The van der Waals surface area contributed by atoms with E-state index in [4.69, 9.17) is 9.84 Å². The predicted molar refractivity (Wildman–Crippen MR) is 123 cm³/mol. The summed E-state index contributed by atoms with van der Waals surface area (Å²) >= 11 is 0. The van der Waals surface area contributed by atoms with Crippen LogP contribution in [0.2, 0.25) is 0 Å². The highest BCUT2D eigenvalue weighted by Gasteiger charge is 2.25. The third-order valence-corrected chi connectivity index (χ3v) is 5.56. The second-order valence-corrected chi connectivity index (χ2v) is 7.61. The summed E-state index contributed by atoms with van der Waals surface area (Å²) < 4.78 is 6.59. The lowest BCUT2D eigenvalue weighted by molar-refractivity contribution is -0.147. The molecule has 1 heterocycles. The summed E-state index contributed by atoms with van der Waals surface area (Å²) in [5.41, 5.74) is 1.64. The first-order valence-electron chi connectivity index (χ1n) is 10.8. The Hall–Kier alpha value is -3.47. The molecule has 3 aromatic carbocycles. The minimum atomic E-state index is -0.728. The molecule has 4 rings (SSSR count). The number of hydrogen-bond donors (Lipinski definition) is 0. The van der Waals surface area contributed by atoms with Gasteiger partial charge in [-0.05, 0) is 35.7 Å². The minimum absolute atomic E-state index is 0.260. The van der Waals surface area contributed by atoms with Crippen LogP contribution < -0.4 is 5.56 Å². The van der Waals surface area contributed by atoms with Gasteiger partial charge in [-0.1, -0.05) is 74.0 Å². The second kappa shape index (κ2) is 9.13. The molecule has 0 N–H and O–H groups in total. The maximum Gasteiger partial charge on any atom is 0.331 e. The Morgan fingerprint density at radius 2 is 1.61 bits per heavy atom. The van der Waals surface area contributed by atoms with Crippen LogP contribution in [0.25, 0.3) is 21.5 Å². The molecule has 0 aliphatic carbocycles. The maximum atomic E-state index is 13.3. The third kappa shape index (κ3) is 4.08. The standard InChI is InChI=1S/C26H26N2O3/c1-3-10-24(26(30)31-4-2)28-25(29)22-16-8-7-15-21(22)23(27-28)17-19-13-9-12-18-11-5-6-14-20(18)19/h5-9,11-16,24H,3-4,10,17H2,1-2H3. The lowest BCUT2D eigenvalue weighted by Crippen LogP contribution is -2.34. The van der Waals surface area contributed by atoms with E-state index in [1.165, 1.54) is 4.68 Å². The fourth-order valence-electron chi connectivity index (χ4n) is 4.09. The van der Waals surface area contributed by atoms with Gasteiger partial charge in [-0.2, -0.15) is 5.10 Å². The summed E-state index contributed by atoms with van der Waals surface area (Å²) in [5.74, 6) is -0.412. The Kier molecular flexibility index (Phi) is 6.12. The fraction of sp³-hybridized carbons (Fsp3) is 0.269. The van der Waals surface area contributed by atoms with Gasteiger partial charge in [0.15, 0.2) is 6.04 Å². The summed E-state index contributed by atoms with van der Waals surface area (Å²) in [4.78, 5) is 25.9. The van der Waals surface area contributed by atoms with Crippen LogP contribution >= 0.6 is 0 Å². The molecule has 1 atom stereocenters. The van der Waals surface area contributed by atoms with Crippen molar-refractivity contribution in [3.05, 3.63) is 88.3 Å². The SMILES string of the molecule is CCCC(C(=O)OCC)n1nc(Cc2cccc3ccccc23)c2ccccc2c1=O. The minimum Gasteiger partial charge on any atom is -0.464 e. The van der Waals surface area contributed by atoms with Crippen LogP contribution in [-0.2, 0) is 16.0 Å². The van der Waals surface area contributed by atoms with Crippen molar-refractivity contribution in [3.8, 4) is 0 Å². The summed E-state index contributed by atoms with van der Waals surface area (Å²) in [7, 11) is 0. The molecule has 1 aromatic heterocycles. The van der Waals surface area contributed by atoms with Crippen LogP contribution in [0.1, 0.15) is 44.0 Å². The van der Waals surface area contributed by atoms with Gasteiger partial charge in [0.1, 0.15) is 0 Å². The summed E-state index contributed by atoms with van der Waals surface area (Å²) in [6, 6.07) is 21.2. The molecule has 5 nitrogen and oxygen atoms in total. The molecule has 0 fully saturated rings. The highest BCUT2D eigenvalue weighted by molar-refractivity contribution is 5.88. The number of ether oxygens (including phenoxy) is 1. The number of rotatable bonds is 7. The predicted octanol–water partition coefficient (Wildman–Crippen LogP) is 5.04. The second-order valence-electron chi connectivity index (χ2n) is 7.61. The number of nitrogens with zero attached hydrogens (tertiary/aromatic N) is 2. The number of carbonyl (C=O) groups excluding carboxylic acids is 1. The topological polar surface area (TPSA) is 61.2 Å². The Morgan fingerprint density at radius 1 is 0.935 bits per heavy atom. The summed E-state index contributed by atoms with van der Waals surface area (Å²) in [6.45, 7) is 4.02. The van der Waals surface area contributed by atoms with Gasteiger partial charge < -0.3 is 4.74 Å². The largest absolute Gasteiger partial charge is 0.464 e. The van der Waals surface area contributed by atoms with Crippen molar-refractivity contribution in [3.63, 3.8) is 0 Å². The normalized spacial score (nSPS) is 12.2. The van der Waals surface area contributed by atoms with Gasteiger partial charge in [0.2, 0.25) is 0 Å². The molecule has 4 aromatic rings. The summed E-state index contributed by atoms with van der Waals surface area (Å²) in [6.07, 6.45) is 1.80. The number of hydrogen-bond acceptors (Lipinski definition) is 4. The van der Waals surface area contributed by atoms with Crippen LogP contribution in [0.4, 0.5) is 0 Å². The van der Waals surface area contributed by atoms with E-state index in [9.17, 15) is 9.59 Å². The first-order chi connectivity index (χ1) is 15.1. The van der Waals surface area contributed by atoms with Crippen molar-refractivity contribution in [2.75, 3.05) is 6.61 Å². The summed E-state index contributed by atoms with van der Waals surface area (Å²) in [5, 5.41) is 8.43. The maximum absolute atomic E-state index is 13.3. The van der Waals surface area contributed by atoms with E-state index in [1.54, 1.807) is 13.0 Å². The van der Waals surface area contributed by atoms with Crippen LogP contribution in [0.5, 0.6) is 0 Å². The number of esters is 1. The van der Waals surface area contributed by atoms with Gasteiger partial charge >= 0.3 is 5.97 Å². The Labute approximate surface area is 181 Å². The number of aromatic nitrogens is 2. The number of fused-ring (bicyclic) bond motifs is 2. The van der Waals surface area contributed by atoms with Crippen LogP contribution in [0, 0.1) is 0 Å². The zero-order chi connectivity index (χ0) is 21.8. The molecule has 0 radical (unpaired) electrons. The molecule has 0 spiro atoms. The van der Waals surface area contributed by atoms with Gasteiger partial charge in [-0.15, -0.1) is 0 Å². The first-order valence-corrected chi connectivity index (χ1v) is 10.8. The molecule has 158 valence electrons. The van der Waals surface area contributed by atoms with Crippen LogP contribution in [-0.4, -0.2) is 22.4 Å². The van der Waals surface area contributed by atoms with Crippen molar-refractivity contribution in [2.45, 2.75) is 39.2 Å². The Balaban J connectivity index is 1.89. The lowest BCUT2D eigenvalue weighted by atomic mass is 9.99. The Morgan fingerprint density at radius 3 is 2.35 bits per heavy atom. The van der Waals surface area contributed by atoms with E-state index < -0.39 is 12.0 Å². The molecule has 0 amide bonds. The third-order valence-electron chi connectivity index (χ3n) is 5.56. The Bertz CT molecular complexity index is 1290. The van der Waals surface area contributed by atoms with Crippen molar-refractivity contribution >= 4 is 27.5 Å². The van der Waals surface area contributed by atoms with Crippen molar-refractivity contribution in [1.29, 1.82) is 0 Å². The molecular formula is C26H26N2O3. The molecule has 0 bridgehead atoms. The van der Waals surface area contributed by atoms with Crippen LogP contribution in [0.15, 0.2) is 71.5 Å². The molecule has 0 saturated heterocycles. The van der Waals surface area contributed by atoms with E-state index in [0.29, 0.717) is 18.2 Å². The monoisotopic (exact) mass is 414 g/mol.